The number of carbonyl (C=O) groups is 1. The number of amides is 1. The Morgan fingerprint density at radius 1 is 1.24 bits per heavy atom. The Morgan fingerprint density at radius 3 is 2.62 bits per heavy atom. The number of benzene rings is 1. The molecule has 1 unspecified atom stereocenters. The Bertz CT molecular complexity index is 611. The topological polar surface area (TPSA) is 54.0 Å². The van der Waals surface area contributed by atoms with Crippen molar-refractivity contribution in [1.82, 2.24) is 4.98 Å². The van der Waals surface area contributed by atoms with Gasteiger partial charge < -0.3 is 10.6 Å². The number of carbonyl (C=O) groups excluding carboxylic acids is 1. The van der Waals surface area contributed by atoms with Crippen molar-refractivity contribution in [3.8, 4) is 0 Å². The van der Waals surface area contributed by atoms with Crippen molar-refractivity contribution in [2.24, 2.45) is 0 Å². The number of pyridine rings is 1. The molecule has 21 heavy (non-hydrogen) atoms. The van der Waals surface area contributed by atoms with E-state index in [1.54, 1.807) is 12.4 Å². The van der Waals surface area contributed by atoms with Crippen LogP contribution in [-0.2, 0) is 4.79 Å². The molecule has 1 aromatic carbocycles. The molecule has 0 spiro atoms. The summed E-state index contributed by atoms with van der Waals surface area (Å²) in [6, 6.07) is 10.1. The van der Waals surface area contributed by atoms with Crippen LogP contribution in [0.25, 0.3) is 0 Å². The summed E-state index contributed by atoms with van der Waals surface area (Å²) >= 11 is 0. The third kappa shape index (κ3) is 4.05. The lowest BCUT2D eigenvalue weighted by Gasteiger charge is -2.18. The second-order valence-corrected chi connectivity index (χ2v) is 5.08. The Labute approximate surface area is 125 Å². The molecule has 0 saturated heterocycles. The summed E-state index contributed by atoms with van der Waals surface area (Å²) in [5.74, 6) is 0.0204. The lowest BCUT2D eigenvalue weighted by atomic mass is 10.1. The van der Waals surface area contributed by atoms with Gasteiger partial charge in [-0.05, 0) is 49.2 Å². The third-order valence-corrected chi connectivity index (χ3v) is 3.42. The van der Waals surface area contributed by atoms with E-state index >= 15 is 0 Å². The van der Waals surface area contributed by atoms with Gasteiger partial charge in [0.15, 0.2) is 0 Å². The summed E-state index contributed by atoms with van der Waals surface area (Å²) in [4.78, 5) is 15.5. The maximum absolute atomic E-state index is 11.5. The molecule has 110 valence electrons. The third-order valence-electron chi connectivity index (χ3n) is 3.42. The van der Waals surface area contributed by atoms with Gasteiger partial charge in [0.25, 0.3) is 0 Å². The van der Waals surface area contributed by atoms with Gasteiger partial charge in [0, 0.05) is 36.2 Å². The Kier molecular flexibility index (Phi) is 4.93. The molecule has 2 rings (SSSR count). The van der Waals surface area contributed by atoms with Gasteiger partial charge in [-0.15, -0.1) is 0 Å². The first-order valence-electron chi connectivity index (χ1n) is 7.17. The average Bonchev–Trinajstić information content (AvgIpc) is 2.51. The number of hydrogen-bond donors (Lipinski definition) is 2. The van der Waals surface area contributed by atoms with E-state index in [1.165, 1.54) is 5.56 Å². The Morgan fingerprint density at radius 2 is 1.95 bits per heavy atom. The van der Waals surface area contributed by atoms with Crippen LogP contribution in [0.3, 0.4) is 0 Å². The van der Waals surface area contributed by atoms with Gasteiger partial charge in [0.05, 0.1) is 0 Å². The first-order chi connectivity index (χ1) is 10.1. The number of rotatable bonds is 5. The molecule has 1 heterocycles. The van der Waals surface area contributed by atoms with Gasteiger partial charge in [0.1, 0.15) is 0 Å². The molecule has 0 radical (unpaired) electrons. The quantitative estimate of drug-likeness (QED) is 0.874. The van der Waals surface area contributed by atoms with E-state index in [4.69, 9.17) is 0 Å². The van der Waals surface area contributed by atoms with Crippen LogP contribution in [0, 0.1) is 6.92 Å². The summed E-state index contributed by atoms with van der Waals surface area (Å²) < 4.78 is 0. The van der Waals surface area contributed by atoms with Crippen molar-refractivity contribution in [2.75, 3.05) is 10.6 Å². The fourth-order valence-corrected chi connectivity index (χ4v) is 2.07. The van der Waals surface area contributed by atoms with Crippen LogP contribution in [-0.4, -0.2) is 10.9 Å². The largest absolute Gasteiger partial charge is 0.378 e. The lowest BCUT2D eigenvalue weighted by molar-refractivity contribution is -0.115. The summed E-state index contributed by atoms with van der Waals surface area (Å²) in [5.41, 5.74) is 4.16. The fraction of sp³-hybridized carbons (Fsp3) is 0.294. The predicted molar refractivity (Wildman–Crippen MR) is 86.4 cm³/mol. The highest BCUT2D eigenvalue weighted by molar-refractivity contribution is 5.91. The van der Waals surface area contributed by atoms with Gasteiger partial charge in [-0.2, -0.15) is 0 Å². The minimum absolute atomic E-state index is 0.0204. The van der Waals surface area contributed by atoms with E-state index in [2.05, 4.69) is 22.5 Å². The molecule has 1 aromatic heterocycles. The van der Waals surface area contributed by atoms with Gasteiger partial charge in [-0.25, -0.2) is 0 Å². The van der Waals surface area contributed by atoms with Gasteiger partial charge in [-0.1, -0.05) is 13.0 Å². The summed E-state index contributed by atoms with van der Waals surface area (Å²) in [7, 11) is 0. The van der Waals surface area contributed by atoms with Crippen molar-refractivity contribution in [2.45, 2.75) is 33.2 Å². The summed E-state index contributed by atoms with van der Waals surface area (Å²) in [6.07, 6.45) is 4.06. The zero-order valence-electron chi connectivity index (χ0n) is 12.7. The molecule has 0 fully saturated rings. The molecule has 4 nitrogen and oxygen atoms in total. The molecule has 2 N–H and O–H groups in total. The van der Waals surface area contributed by atoms with Crippen molar-refractivity contribution in [3.05, 3.63) is 53.9 Å². The van der Waals surface area contributed by atoms with Crippen LogP contribution in [0.5, 0.6) is 0 Å². The molecule has 2 aromatic rings. The SMILES string of the molecule is CCC(=O)Nc1ccc(C)c(NC(C)c2ccncc2)c1. The highest BCUT2D eigenvalue weighted by atomic mass is 16.1. The number of nitrogens with one attached hydrogen (secondary N) is 2. The molecule has 0 bridgehead atoms. The van der Waals surface area contributed by atoms with E-state index in [0.717, 1.165) is 16.9 Å². The lowest BCUT2D eigenvalue weighted by Crippen LogP contribution is -2.11. The van der Waals surface area contributed by atoms with Crippen LogP contribution in [0.2, 0.25) is 0 Å². The van der Waals surface area contributed by atoms with E-state index in [1.807, 2.05) is 44.2 Å². The summed E-state index contributed by atoms with van der Waals surface area (Å²) in [6.45, 7) is 5.99. The maximum Gasteiger partial charge on any atom is 0.224 e. The van der Waals surface area contributed by atoms with Gasteiger partial charge in [-0.3, -0.25) is 9.78 Å². The second-order valence-electron chi connectivity index (χ2n) is 5.08. The van der Waals surface area contributed by atoms with Crippen LogP contribution in [0.4, 0.5) is 11.4 Å². The summed E-state index contributed by atoms with van der Waals surface area (Å²) in [5, 5.41) is 6.36. The predicted octanol–water partition coefficient (Wildman–Crippen LogP) is 3.91. The number of hydrogen-bond acceptors (Lipinski definition) is 3. The molecule has 0 aliphatic carbocycles. The van der Waals surface area contributed by atoms with Crippen LogP contribution >= 0.6 is 0 Å². The average molecular weight is 283 g/mol. The second kappa shape index (κ2) is 6.88. The molecule has 1 amide bonds. The van der Waals surface area contributed by atoms with E-state index < -0.39 is 0 Å². The molecular weight excluding hydrogens is 262 g/mol. The highest BCUT2D eigenvalue weighted by Crippen LogP contribution is 2.25. The van der Waals surface area contributed by atoms with E-state index in [0.29, 0.717) is 6.42 Å². The Hall–Kier alpha value is -2.36. The normalized spacial score (nSPS) is 11.8. The number of aryl methyl sites for hydroxylation is 1. The number of nitrogens with zero attached hydrogens (tertiary/aromatic N) is 1. The standard InChI is InChI=1S/C17H21N3O/c1-4-17(21)20-15-6-5-12(2)16(11-15)19-13(3)14-7-9-18-10-8-14/h5-11,13,19H,4H2,1-3H3,(H,20,21). The maximum atomic E-state index is 11.5. The number of anilines is 2. The van der Waals surface area contributed by atoms with E-state index in [9.17, 15) is 4.79 Å². The van der Waals surface area contributed by atoms with E-state index in [-0.39, 0.29) is 11.9 Å². The Balaban J connectivity index is 2.15. The van der Waals surface area contributed by atoms with Gasteiger partial charge in [0.2, 0.25) is 5.91 Å². The number of aromatic nitrogens is 1. The molecular formula is C17H21N3O. The molecule has 0 saturated carbocycles. The zero-order chi connectivity index (χ0) is 15.2. The van der Waals surface area contributed by atoms with Crippen molar-refractivity contribution in [1.29, 1.82) is 0 Å². The fourth-order valence-electron chi connectivity index (χ4n) is 2.07. The first-order valence-corrected chi connectivity index (χ1v) is 7.17. The highest BCUT2D eigenvalue weighted by Gasteiger charge is 2.08. The smallest absolute Gasteiger partial charge is 0.224 e. The van der Waals surface area contributed by atoms with Crippen molar-refractivity contribution >= 4 is 17.3 Å². The molecule has 0 aliphatic rings. The zero-order valence-corrected chi connectivity index (χ0v) is 12.7. The van der Waals surface area contributed by atoms with Crippen LogP contribution in [0.1, 0.15) is 37.4 Å². The van der Waals surface area contributed by atoms with Crippen molar-refractivity contribution in [3.63, 3.8) is 0 Å². The molecule has 4 heteroatoms. The minimum atomic E-state index is 0.0204. The first kappa shape index (κ1) is 15.0. The van der Waals surface area contributed by atoms with Crippen LogP contribution < -0.4 is 10.6 Å². The van der Waals surface area contributed by atoms with Crippen LogP contribution in [0.15, 0.2) is 42.7 Å². The molecule has 1 atom stereocenters. The van der Waals surface area contributed by atoms with Gasteiger partial charge >= 0.3 is 0 Å². The monoisotopic (exact) mass is 283 g/mol. The van der Waals surface area contributed by atoms with Crippen molar-refractivity contribution < 1.29 is 4.79 Å². The minimum Gasteiger partial charge on any atom is -0.378 e. The molecule has 0 aliphatic heterocycles.